The van der Waals surface area contributed by atoms with E-state index < -0.39 is 0 Å². The van der Waals surface area contributed by atoms with Crippen LogP contribution < -0.4 is 9.47 Å². The number of carbonyl (C=O) groups is 2. The molecule has 4 aromatic rings. The van der Waals surface area contributed by atoms with Gasteiger partial charge in [0.1, 0.15) is 11.5 Å². The maximum atomic E-state index is 13.5. The molecule has 36 heavy (non-hydrogen) atoms. The van der Waals surface area contributed by atoms with Gasteiger partial charge in [-0.25, -0.2) is 0 Å². The Morgan fingerprint density at radius 3 is 1.39 bits per heavy atom. The van der Waals surface area contributed by atoms with Gasteiger partial charge in [-0.15, -0.1) is 0 Å². The Kier molecular flexibility index (Phi) is 5.45. The first kappa shape index (κ1) is 22.3. The van der Waals surface area contributed by atoms with E-state index in [4.69, 9.17) is 9.47 Å². The first-order valence-electron chi connectivity index (χ1n) is 12.3. The van der Waals surface area contributed by atoms with Crippen LogP contribution in [0.1, 0.15) is 55.8 Å². The van der Waals surface area contributed by atoms with Crippen molar-refractivity contribution in [2.45, 2.75) is 25.7 Å². The zero-order valence-corrected chi connectivity index (χ0v) is 20.4. The molecule has 0 aliphatic heterocycles. The van der Waals surface area contributed by atoms with Gasteiger partial charge in [0.05, 0.1) is 14.2 Å². The molecule has 2 aliphatic rings. The predicted molar refractivity (Wildman–Crippen MR) is 140 cm³/mol. The topological polar surface area (TPSA) is 52.6 Å². The van der Waals surface area contributed by atoms with Gasteiger partial charge in [0.15, 0.2) is 11.6 Å². The molecule has 4 nitrogen and oxygen atoms in total. The van der Waals surface area contributed by atoms with Crippen molar-refractivity contribution in [2.24, 2.45) is 0 Å². The Hall–Kier alpha value is -4.18. The Bertz CT molecular complexity index is 1430. The van der Waals surface area contributed by atoms with Crippen LogP contribution in [0.3, 0.4) is 0 Å². The van der Waals surface area contributed by atoms with Crippen molar-refractivity contribution in [2.75, 3.05) is 14.2 Å². The zero-order chi connectivity index (χ0) is 24.8. The second kappa shape index (κ2) is 8.80. The summed E-state index contributed by atoms with van der Waals surface area (Å²) in [5.74, 6) is 1.51. The van der Waals surface area contributed by atoms with Gasteiger partial charge >= 0.3 is 0 Å². The maximum Gasteiger partial charge on any atom is 0.194 e. The number of carbonyl (C=O) groups excluding carboxylic acids is 2. The standard InChI is InChI=1S/C32H26O4/c1-35-29-13-11-19-15-21(29)7-3-4-8-22-16-20(12-14-30(22)36-2)26-18-28-27(17-25(19)26)31(33)23-9-5-6-10-24(23)32(28)34/h5-6,9-18H,3-4,7-8H2,1-2H3. The van der Waals surface area contributed by atoms with Crippen LogP contribution in [0.4, 0.5) is 0 Å². The largest absolute Gasteiger partial charge is 0.496 e. The molecule has 0 saturated heterocycles. The van der Waals surface area contributed by atoms with Gasteiger partial charge in [0.25, 0.3) is 0 Å². The predicted octanol–water partition coefficient (Wildman–Crippen LogP) is 6.69. The Balaban J connectivity index is 1.65. The number of rotatable bonds is 2. The summed E-state index contributed by atoms with van der Waals surface area (Å²) in [5.41, 5.74) is 7.97. The number of hydrogen-bond acceptors (Lipinski definition) is 4. The third kappa shape index (κ3) is 3.53. The average Bonchev–Trinajstić information content (AvgIpc) is 2.92. The van der Waals surface area contributed by atoms with Crippen LogP contribution in [0, 0.1) is 0 Å². The van der Waals surface area contributed by atoms with Gasteiger partial charge < -0.3 is 9.47 Å². The van der Waals surface area contributed by atoms with E-state index >= 15 is 0 Å². The smallest absolute Gasteiger partial charge is 0.194 e. The number of hydrogen-bond donors (Lipinski definition) is 0. The van der Waals surface area contributed by atoms with Crippen LogP contribution in [-0.4, -0.2) is 25.8 Å². The third-order valence-corrected chi connectivity index (χ3v) is 7.39. The highest BCUT2D eigenvalue weighted by atomic mass is 16.5. The van der Waals surface area contributed by atoms with E-state index in [1.807, 2.05) is 36.4 Å². The fraction of sp³-hybridized carbons (Fsp3) is 0.188. The van der Waals surface area contributed by atoms with Crippen molar-refractivity contribution < 1.29 is 19.1 Å². The summed E-state index contributed by atoms with van der Waals surface area (Å²) in [7, 11) is 3.40. The molecule has 0 radical (unpaired) electrons. The molecule has 0 N–H and O–H groups in total. The van der Waals surface area contributed by atoms with E-state index in [9.17, 15) is 9.59 Å². The average molecular weight is 475 g/mol. The molecule has 0 atom stereocenters. The highest BCUT2D eigenvalue weighted by Crippen LogP contribution is 2.41. The van der Waals surface area contributed by atoms with E-state index in [0.717, 1.165) is 70.6 Å². The van der Waals surface area contributed by atoms with Crippen LogP contribution in [0.2, 0.25) is 0 Å². The summed E-state index contributed by atoms with van der Waals surface area (Å²) in [5, 5.41) is 0. The molecule has 2 aliphatic carbocycles. The Labute approximate surface area is 210 Å². The zero-order valence-electron chi connectivity index (χ0n) is 20.4. The minimum atomic E-state index is -0.113. The van der Waals surface area contributed by atoms with E-state index in [0.29, 0.717) is 22.3 Å². The normalized spacial score (nSPS) is 14.1. The molecule has 4 heteroatoms. The minimum absolute atomic E-state index is 0.113. The van der Waals surface area contributed by atoms with Gasteiger partial charge in [-0.3, -0.25) is 9.59 Å². The summed E-state index contributed by atoms with van der Waals surface area (Å²) in [4.78, 5) is 27.0. The Morgan fingerprint density at radius 2 is 0.972 bits per heavy atom. The molecule has 0 saturated carbocycles. The van der Waals surface area contributed by atoms with Gasteiger partial charge in [-0.2, -0.15) is 0 Å². The van der Waals surface area contributed by atoms with Gasteiger partial charge in [-0.05, 0) is 95.5 Å². The summed E-state index contributed by atoms with van der Waals surface area (Å²) < 4.78 is 11.3. The van der Waals surface area contributed by atoms with Crippen LogP contribution >= 0.6 is 0 Å². The molecule has 0 aromatic heterocycles. The van der Waals surface area contributed by atoms with Gasteiger partial charge in [0.2, 0.25) is 0 Å². The first-order valence-corrected chi connectivity index (χ1v) is 12.3. The number of ether oxygens (including phenoxy) is 2. The lowest BCUT2D eigenvalue weighted by atomic mass is 9.79. The van der Waals surface area contributed by atoms with Crippen molar-refractivity contribution in [1.82, 2.24) is 0 Å². The SMILES string of the molecule is COc1ccc2cc1CCCCc1cc(ccc1OC)-c1cc3c(cc1-2)C(=O)c1ccccc1C3=O. The van der Waals surface area contributed by atoms with Crippen LogP contribution in [0.5, 0.6) is 11.5 Å². The second-order valence-corrected chi connectivity index (χ2v) is 9.41. The number of methoxy groups -OCH3 is 2. The molecular weight excluding hydrogens is 448 g/mol. The fourth-order valence-corrected chi connectivity index (χ4v) is 5.54. The highest BCUT2D eigenvalue weighted by Gasteiger charge is 2.31. The van der Waals surface area contributed by atoms with Gasteiger partial charge in [0, 0.05) is 22.3 Å². The maximum absolute atomic E-state index is 13.5. The molecule has 0 spiro atoms. The van der Waals surface area contributed by atoms with Crippen molar-refractivity contribution in [1.29, 1.82) is 0 Å². The summed E-state index contributed by atoms with van der Waals surface area (Å²) in [6, 6.07) is 23.3. The van der Waals surface area contributed by atoms with Crippen LogP contribution in [-0.2, 0) is 12.8 Å². The lowest BCUT2D eigenvalue weighted by Crippen LogP contribution is -2.21. The molecule has 178 valence electrons. The summed E-state index contributed by atoms with van der Waals surface area (Å²) in [6.45, 7) is 0. The molecule has 0 amide bonds. The van der Waals surface area contributed by atoms with E-state index in [1.165, 1.54) is 0 Å². The molecule has 6 rings (SSSR count). The molecule has 0 fully saturated rings. The number of benzene rings is 4. The lowest BCUT2D eigenvalue weighted by Gasteiger charge is -2.22. The highest BCUT2D eigenvalue weighted by molar-refractivity contribution is 6.29. The van der Waals surface area contributed by atoms with Crippen molar-refractivity contribution in [3.05, 3.63) is 106 Å². The minimum Gasteiger partial charge on any atom is -0.496 e. The number of ketones is 2. The second-order valence-electron chi connectivity index (χ2n) is 9.41. The molecule has 4 aromatic carbocycles. The fourth-order valence-electron chi connectivity index (χ4n) is 5.54. The third-order valence-electron chi connectivity index (χ3n) is 7.39. The monoisotopic (exact) mass is 474 g/mol. The van der Waals surface area contributed by atoms with Crippen LogP contribution in [0.15, 0.2) is 72.8 Å². The molecule has 0 heterocycles. The summed E-state index contributed by atoms with van der Waals surface area (Å²) >= 11 is 0. The Morgan fingerprint density at radius 1 is 0.528 bits per heavy atom. The number of fused-ring (bicyclic) bond motifs is 9. The van der Waals surface area contributed by atoms with Crippen molar-refractivity contribution in [3.63, 3.8) is 0 Å². The molecule has 0 unspecified atom stereocenters. The van der Waals surface area contributed by atoms with Crippen LogP contribution in [0.25, 0.3) is 22.3 Å². The quantitative estimate of drug-likeness (QED) is 0.286. The van der Waals surface area contributed by atoms with Crippen molar-refractivity contribution >= 4 is 11.6 Å². The van der Waals surface area contributed by atoms with Gasteiger partial charge in [-0.1, -0.05) is 36.4 Å². The van der Waals surface area contributed by atoms with Crippen molar-refractivity contribution in [3.8, 4) is 33.8 Å². The van der Waals surface area contributed by atoms with E-state index in [-0.39, 0.29) is 11.6 Å². The van der Waals surface area contributed by atoms with E-state index in [2.05, 4.69) is 12.1 Å². The lowest BCUT2D eigenvalue weighted by molar-refractivity contribution is 0.0979. The molecular formula is C32H26O4. The summed E-state index contributed by atoms with van der Waals surface area (Å²) in [6.07, 6.45) is 3.83. The first-order chi connectivity index (χ1) is 17.6. The number of aryl methyl sites for hydroxylation is 2. The van der Waals surface area contributed by atoms with E-state index in [1.54, 1.807) is 38.5 Å². The molecule has 4 bridgehead atoms.